The van der Waals surface area contributed by atoms with Gasteiger partial charge in [0.1, 0.15) is 12.7 Å². The van der Waals surface area contributed by atoms with Crippen molar-refractivity contribution < 1.29 is 29.0 Å². The second-order valence-electron chi connectivity index (χ2n) is 2.15. The molecule has 0 fully saturated rings. The highest BCUT2D eigenvalue weighted by Crippen LogP contribution is 2.33. The number of hydrogen-bond donors (Lipinski definition) is 3. The maximum absolute atomic E-state index is 10.6. The molecule has 0 radical (unpaired) electrons. The van der Waals surface area contributed by atoms with E-state index in [2.05, 4.69) is 4.99 Å². The SMILES string of the molecule is O=C(O)CC(=O)C=NCP(=O)(O)O. The maximum Gasteiger partial charge on any atom is 0.346 e. The summed E-state index contributed by atoms with van der Waals surface area (Å²) in [5, 5.41) is 8.11. The van der Waals surface area contributed by atoms with E-state index >= 15 is 0 Å². The van der Waals surface area contributed by atoms with E-state index in [1.54, 1.807) is 0 Å². The molecule has 0 unspecified atom stereocenters. The summed E-state index contributed by atoms with van der Waals surface area (Å²) in [5.41, 5.74) is 0. The molecular weight excluding hydrogens is 201 g/mol. The zero-order chi connectivity index (χ0) is 10.5. The third-order valence-electron chi connectivity index (χ3n) is 0.827. The van der Waals surface area contributed by atoms with Gasteiger partial charge in [-0.3, -0.25) is 19.1 Å². The predicted octanol–water partition coefficient (Wildman–Crippen LogP) is -0.764. The summed E-state index contributed by atoms with van der Waals surface area (Å²) in [6.45, 7) is 0. The van der Waals surface area contributed by atoms with E-state index in [1.165, 1.54) is 0 Å². The normalized spacial score (nSPS) is 11.8. The minimum Gasteiger partial charge on any atom is -0.481 e. The Balaban J connectivity index is 3.93. The van der Waals surface area contributed by atoms with Crippen LogP contribution in [0.3, 0.4) is 0 Å². The number of rotatable bonds is 5. The largest absolute Gasteiger partial charge is 0.481 e. The molecule has 0 saturated carbocycles. The molecule has 0 spiro atoms. The molecule has 7 nitrogen and oxygen atoms in total. The summed E-state index contributed by atoms with van der Waals surface area (Å²) in [6.07, 6.45) is -0.934. The third kappa shape index (κ3) is 8.87. The van der Waals surface area contributed by atoms with Crippen molar-refractivity contribution in [2.75, 3.05) is 6.29 Å². The minimum absolute atomic E-state index is 0.604. The van der Waals surface area contributed by atoms with Gasteiger partial charge in [-0.1, -0.05) is 0 Å². The van der Waals surface area contributed by atoms with Crippen LogP contribution in [0.4, 0.5) is 0 Å². The molecule has 3 N–H and O–H groups in total. The number of carboxylic acids is 1. The van der Waals surface area contributed by atoms with E-state index in [1.807, 2.05) is 0 Å². The number of nitrogens with zero attached hydrogens (tertiary/aromatic N) is 1. The van der Waals surface area contributed by atoms with E-state index in [0.29, 0.717) is 6.21 Å². The van der Waals surface area contributed by atoms with Crippen molar-refractivity contribution in [3.8, 4) is 0 Å². The van der Waals surface area contributed by atoms with Crippen LogP contribution in [-0.2, 0) is 14.2 Å². The number of Topliss-reactive ketones (excluding diaryl/α,β-unsaturated/α-hetero) is 1. The first-order chi connectivity index (χ1) is 5.81. The predicted molar refractivity (Wildman–Crippen MR) is 42.7 cm³/mol. The standard InChI is InChI=1S/C5H8NO6P/c7-4(1-5(8)9)2-6-3-13(10,11)12/h2H,1,3H2,(H,8,9)(H2,10,11,12). The van der Waals surface area contributed by atoms with Crippen molar-refractivity contribution in [3.05, 3.63) is 0 Å². The quantitative estimate of drug-likeness (QED) is 0.310. The lowest BCUT2D eigenvalue weighted by molar-refractivity contribution is -0.138. The van der Waals surface area contributed by atoms with Crippen LogP contribution in [0.1, 0.15) is 6.42 Å². The van der Waals surface area contributed by atoms with Gasteiger partial charge in [0, 0.05) is 0 Å². The lowest BCUT2D eigenvalue weighted by Gasteiger charge is -1.95. The number of hydrogen-bond acceptors (Lipinski definition) is 4. The molecule has 0 aromatic heterocycles. The molecule has 0 aromatic carbocycles. The highest BCUT2D eigenvalue weighted by Gasteiger charge is 2.11. The minimum atomic E-state index is -4.25. The van der Waals surface area contributed by atoms with E-state index in [9.17, 15) is 14.2 Å². The fraction of sp³-hybridized carbons (Fsp3) is 0.400. The monoisotopic (exact) mass is 209 g/mol. The number of carbonyl (C=O) groups is 2. The van der Waals surface area contributed by atoms with Crippen LogP contribution < -0.4 is 0 Å². The zero-order valence-corrected chi connectivity index (χ0v) is 7.35. The molecule has 74 valence electrons. The van der Waals surface area contributed by atoms with Gasteiger partial charge in [0.05, 0.1) is 6.21 Å². The molecule has 0 bridgehead atoms. The molecule has 13 heavy (non-hydrogen) atoms. The third-order valence-corrected chi connectivity index (χ3v) is 1.36. The van der Waals surface area contributed by atoms with Gasteiger partial charge >= 0.3 is 13.6 Å². The van der Waals surface area contributed by atoms with Gasteiger partial charge in [-0.25, -0.2) is 0 Å². The van der Waals surface area contributed by atoms with Gasteiger partial charge in [-0.05, 0) is 0 Å². The van der Waals surface area contributed by atoms with E-state index in [-0.39, 0.29) is 0 Å². The summed E-state index contributed by atoms with van der Waals surface area (Å²) in [7, 11) is -4.25. The molecule has 8 heteroatoms. The van der Waals surface area contributed by atoms with Gasteiger partial charge < -0.3 is 14.9 Å². The molecule has 0 aliphatic carbocycles. The first-order valence-electron chi connectivity index (χ1n) is 3.10. The van der Waals surface area contributed by atoms with Crippen molar-refractivity contribution in [2.24, 2.45) is 4.99 Å². The summed E-state index contributed by atoms with van der Waals surface area (Å²) in [4.78, 5) is 40.1. The Bertz CT molecular complexity index is 279. The Labute approximate surface area is 73.3 Å². The van der Waals surface area contributed by atoms with Crippen LogP contribution in [0, 0.1) is 0 Å². The van der Waals surface area contributed by atoms with Gasteiger partial charge in [0.2, 0.25) is 0 Å². The topological polar surface area (TPSA) is 124 Å². The highest BCUT2D eigenvalue weighted by atomic mass is 31.2. The molecular formula is C5H8NO6P. The second-order valence-corrected chi connectivity index (χ2v) is 3.77. The molecule has 0 aliphatic heterocycles. The maximum atomic E-state index is 10.6. The molecule has 0 aliphatic rings. The van der Waals surface area contributed by atoms with Gasteiger partial charge in [-0.15, -0.1) is 0 Å². The second kappa shape index (κ2) is 4.86. The van der Waals surface area contributed by atoms with Gasteiger partial charge in [0.15, 0.2) is 5.78 Å². The van der Waals surface area contributed by atoms with Crippen molar-refractivity contribution in [3.63, 3.8) is 0 Å². The van der Waals surface area contributed by atoms with Crippen LogP contribution >= 0.6 is 7.60 Å². The average Bonchev–Trinajstić information content (AvgIpc) is 1.81. The fourth-order valence-corrected chi connectivity index (χ4v) is 0.738. The van der Waals surface area contributed by atoms with Crippen LogP contribution in [0.15, 0.2) is 4.99 Å². The van der Waals surface area contributed by atoms with E-state index in [0.717, 1.165) is 0 Å². The first kappa shape index (κ1) is 12.0. The highest BCUT2D eigenvalue weighted by molar-refractivity contribution is 7.51. The molecule has 0 amide bonds. The number of ketones is 1. The van der Waals surface area contributed by atoms with Gasteiger partial charge in [-0.2, -0.15) is 0 Å². The lowest BCUT2D eigenvalue weighted by atomic mass is 10.3. The number of aliphatic imine (C=N–C) groups is 1. The Morgan fingerprint density at radius 1 is 1.38 bits per heavy atom. The molecule has 0 heterocycles. The van der Waals surface area contributed by atoms with Crippen LogP contribution in [0.5, 0.6) is 0 Å². The molecule has 0 atom stereocenters. The Morgan fingerprint density at radius 3 is 2.31 bits per heavy atom. The van der Waals surface area contributed by atoms with E-state index < -0.39 is 32.1 Å². The summed E-state index contributed by atoms with van der Waals surface area (Å²) >= 11 is 0. The summed E-state index contributed by atoms with van der Waals surface area (Å²) in [6, 6.07) is 0. The van der Waals surface area contributed by atoms with E-state index in [4.69, 9.17) is 14.9 Å². The van der Waals surface area contributed by atoms with Crippen molar-refractivity contribution in [1.29, 1.82) is 0 Å². The van der Waals surface area contributed by atoms with Crippen molar-refractivity contribution in [2.45, 2.75) is 6.42 Å². The molecule has 0 aromatic rings. The first-order valence-corrected chi connectivity index (χ1v) is 4.90. The zero-order valence-electron chi connectivity index (χ0n) is 6.45. The lowest BCUT2D eigenvalue weighted by Crippen LogP contribution is -2.07. The van der Waals surface area contributed by atoms with Crippen molar-refractivity contribution in [1.82, 2.24) is 0 Å². The van der Waals surface area contributed by atoms with Crippen LogP contribution in [0.25, 0.3) is 0 Å². The number of carboxylic acid groups (broad SMARTS) is 1. The summed E-state index contributed by atoms with van der Waals surface area (Å²) in [5.74, 6) is -2.12. The Morgan fingerprint density at radius 2 is 1.92 bits per heavy atom. The molecule has 0 rings (SSSR count). The summed E-state index contributed by atoms with van der Waals surface area (Å²) < 4.78 is 10.2. The number of carbonyl (C=O) groups excluding carboxylic acids is 1. The fourth-order valence-electron chi connectivity index (χ4n) is 0.444. The average molecular weight is 209 g/mol. The van der Waals surface area contributed by atoms with Gasteiger partial charge in [0.25, 0.3) is 0 Å². The van der Waals surface area contributed by atoms with Crippen LogP contribution in [-0.4, -0.2) is 39.1 Å². The molecule has 0 saturated heterocycles. The Kier molecular flexibility index (Phi) is 4.47. The van der Waals surface area contributed by atoms with Crippen molar-refractivity contribution >= 4 is 25.6 Å². The smallest absolute Gasteiger partial charge is 0.346 e. The van der Waals surface area contributed by atoms with Crippen LogP contribution in [0.2, 0.25) is 0 Å². The Hall–Kier alpha value is -1.04. The number of aliphatic carboxylic acids is 1.